The van der Waals surface area contributed by atoms with Crippen molar-refractivity contribution in [3.8, 4) is 5.75 Å². The molecular formula is C11H13ClO3. The molecule has 0 aromatic heterocycles. The Morgan fingerprint density at radius 1 is 1.47 bits per heavy atom. The zero-order valence-corrected chi connectivity index (χ0v) is 9.50. The largest absolute Gasteiger partial charge is 0.494 e. The number of ether oxygens (including phenoxy) is 2. The quantitative estimate of drug-likeness (QED) is 0.743. The number of halogens is 1. The molecule has 0 bridgehead atoms. The number of benzene rings is 1. The molecule has 0 aliphatic heterocycles. The summed E-state index contributed by atoms with van der Waals surface area (Å²) in [6.07, 6.45) is 0.182. The maximum Gasteiger partial charge on any atom is 0.310 e. The Hall–Kier alpha value is -1.22. The summed E-state index contributed by atoms with van der Waals surface area (Å²) in [6, 6.07) is 5.25. The average molecular weight is 229 g/mol. The topological polar surface area (TPSA) is 35.5 Å². The van der Waals surface area contributed by atoms with Gasteiger partial charge in [-0.3, -0.25) is 4.79 Å². The third-order valence-electron chi connectivity index (χ3n) is 1.90. The van der Waals surface area contributed by atoms with Crippen LogP contribution in [0.15, 0.2) is 18.2 Å². The van der Waals surface area contributed by atoms with Crippen molar-refractivity contribution in [2.24, 2.45) is 0 Å². The molecule has 3 nitrogen and oxygen atoms in total. The van der Waals surface area contributed by atoms with Crippen LogP contribution in [0, 0.1) is 0 Å². The first kappa shape index (κ1) is 11.9. The van der Waals surface area contributed by atoms with E-state index >= 15 is 0 Å². The van der Waals surface area contributed by atoms with Crippen molar-refractivity contribution in [3.63, 3.8) is 0 Å². The second-order valence-electron chi connectivity index (χ2n) is 2.94. The summed E-state index contributed by atoms with van der Waals surface area (Å²) in [5.41, 5.74) is 0.743. The number of rotatable bonds is 4. The van der Waals surface area contributed by atoms with E-state index in [-0.39, 0.29) is 12.4 Å². The van der Waals surface area contributed by atoms with Gasteiger partial charge in [0, 0.05) is 5.02 Å². The standard InChI is InChI=1S/C11H13ClO3/c1-3-15-9-5-4-8(10(12)7-9)6-11(13)14-2/h4-5,7H,3,6H2,1-2H3. The number of hydrogen-bond acceptors (Lipinski definition) is 3. The van der Waals surface area contributed by atoms with Crippen molar-refractivity contribution in [1.29, 1.82) is 0 Å². The molecule has 15 heavy (non-hydrogen) atoms. The van der Waals surface area contributed by atoms with Crippen LogP contribution in [0.4, 0.5) is 0 Å². The van der Waals surface area contributed by atoms with Gasteiger partial charge in [-0.2, -0.15) is 0 Å². The maximum absolute atomic E-state index is 11.0. The highest BCUT2D eigenvalue weighted by molar-refractivity contribution is 6.31. The summed E-state index contributed by atoms with van der Waals surface area (Å²) in [7, 11) is 1.35. The molecule has 0 heterocycles. The highest BCUT2D eigenvalue weighted by atomic mass is 35.5. The van der Waals surface area contributed by atoms with Crippen LogP contribution < -0.4 is 4.74 Å². The molecule has 0 aliphatic carbocycles. The minimum atomic E-state index is -0.305. The molecule has 0 spiro atoms. The Balaban J connectivity index is 2.78. The van der Waals surface area contributed by atoms with Crippen molar-refractivity contribution < 1.29 is 14.3 Å². The lowest BCUT2D eigenvalue weighted by Gasteiger charge is -2.06. The number of hydrogen-bond donors (Lipinski definition) is 0. The maximum atomic E-state index is 11.0. The van der Waals surface area contributed by atoms with Crippen LogP contribution in [0.5, 0.6) is 5.75 Å². The van der Waals surface area contributed by atoms with Gasteiger partial charge < -0.3 is 9.47 Å². The van der Waals surface area contributed by atoms with E-state index in [0.29, 0.717) is 17.4 Å². The third-order valence-corrected chi connectivity index (χ3v) is 2.25. The molecule has 0 aliphatic rings. The molecule has 0 atom stereocenters. The third kappa shape index (κ3) is 3.44. The molecule has 1 rings (SSSR count). The van der Waals surface area contributed by atoms with Crippen LogP contribution in [0.1, 0.15) is 12.5 Å². The molecular weight excluding hydrogens is 216 g/mol. The lowest BCUT2D eigenvalue weighted by Crippen LogP contribution is -2.05. The number of carbonyl (C=O) groups excluding carboxylic acids is 1. The van der Waals surface area contributed by atoms with Crippen LogP contribution in [-0.4, -0.2) is 19.7 Å². The monoisotopic (exact) mass is 228 g/mol. The van der Waals surface area contributed by atoms with E-state index in [4.69, 9.17) is 16.3 Å². The molecule has 0 amide bonds. The van der Waals surface area contributed by atoms with E-state index in [1.165, 1.54) is 7.11 Å². The average Bonchev–Trinajstić information content (AvgIpc) is 2.22. The zero-order chi connectivity index (χ0) is 11.3. The van der Waals surface area contributed by atoms with Crippen molar-refractivity contribution >= 4 is 17.6 Å². The van der Waals surface area contributed by atoms with Gasteiger partial charge in [-0.1, -0.05) is 17.7 Å². The predicted molar refractivity (Wildman–Crippen MR) is 58.3 cm³/mol. The highest BCUT2D eigenvalue weighted by Crippen LogP contribution is 2.23. The van der Waals surface area contributed by atoms with Gasteiger partial charge in [0.1, 0.15) is 5.75 Å². The fourth-order valence-electron chi connectivity index (χ4n) is 1.16. The van der Waals surface area contributed by atoms with Crippen LogP contribution >= 0.6 is 11.6 Å². The Kier molecular flexibility index (Phi) is 4.43. The molecule has 0 N–H and O–H groups in total. The van der Waals surface area contributed by atoms with E-state index in [0.717, 1.165) is 5.56 Å². The normalized spacial score (nSPS) is 9.80. The minimum Gasteiger partial charge on any atom is -0.494 e. The predicted octanol–water partition coefficient (Wildman–Crippen LogP) is 2.45. The summed E-state index contributed by atoms with van der Waals surface area (Å²) in [5.74, 6) is 0.400. The Morgan fingerprint density at radius 3 is 2.73 bits per heavy atom. The summed E-state index contributed by atoms with van der Waals surface area (Å²) in [5, 5.41) is 0.520. The first-order chi connectivity index (χ1) is 7.17. The van der Waals surface area contributed by atoms with Gasteiger partial charge in [-0.15, -0.1) is 0 Å². The van der Waals surface area contributed by atoms with Crippen molar-refractivity contribution in [2.45, 2.75) is 13.3 Å². The van der Waals surface area contributed by atoms with Crippen LogP contribution in [0.25, 0.3) is 0 Å². The van der Waals surface area contributed by atoms with E-state index in [1.807, 2.05) is 6.92 Å². The zero-order valence-electron chi connectivity index (χ0n) is 8.75. The lowest BCUT2D eigenvalue weighted by atomic mass is 10.1. The number of carbonyl (C=O) groups is 1. The summed E-state index contributed by atoms with van der Waals surface area (Å²) in [4.78, 5) is 11.0. The van der Waals surface area contributed by atoms with E-state index in [2.05, 4.69) is 4.74 Å². The Morgan fingerprint density at radius 2 is 2.20 bits per heavy atom. The highest BCUT2D eigenvalue weighted by Gasteiger charge is 2.07. The van der Waals surface area contributed by atoms with E-state index < -0.39 is 0 Å². The smallest absolute Gasteiger partial charge is 0.310 e. The van der Waals surface area contributed by atoms with Crippen molar-refractivity contribution in [1.82, 2.24) is 0 Å². The number of esters is 1. The fraction of sp³-hybridized carbons (Fsp3) is 0.364. The minimum absolute atomic E-state index is 0.182. The lowest BCUT2D eigenvalue weighted by molar-refractivity contribution is -0.139. The second-order valence-corrected chi connectivity index (χ2v) is 3.35. The molecule has 0 unspecified atom stereocenters. The SMILES string of the molecule is CCOc1ccc(CC(=O)OC)c(Cl)c1. The van der Waals surface area contributed by atoms with Crippen molar-refractivity contribution in [2.75, 3.05) is 13.7 Å². The van der Waals surface area contributed by atoms with Gasteiger partial charge >= 0.3 is 5.97 Å². The first-order valence-corrected chi connectivity index (χ1v) is 5.03. The van der Waals surface area contributed by atoms with Crippen molar-refractivity contribution in [3.05, 3.63) is 28.8 Å². The van der Waals surface area contributed by atoms with Crippen LogP contribution in [0.2, 0.25) is 5.02 Å². The fourth-order valence-corrected chi connectivity index (χ4v) is 1.39. The first-order valence-electron chi connectivity index (χ1n) is 4.65. The summed E-state index contributed by atoms with van der Waals surface area (Å²) in [6.45, 7) is 2.49. The molecule has 4 heteroatoms. The molecule has 0 saturated carbocycles. The molecule has 0 saturated heterocycles. The molecule has 0 fully saturated rings. The molecule has 0 radical (unpaired) electrons. The van der Waals surface area contributed by atoms with Gasteiger partial charge in [0.15, 0.2) is 0 Å². The van der Waals surface area contributed by atoms with Gasteiger partial charge in [0.25, 0.3) is 0 Å². The second kappa shape index (κ2) is 5.61. The van der Waals surface area contributed by atoms with Crippen LogP contribution in [-0.2, 0) is 16.0 Å². The van der Waals surface area contributed by atoms with Crippen LogP contribution in [0.3, 0.4) is 0 Å². The Bertz CT molecular complexity index is 350. The summed E-state index contributed by atoms with van der Waals surface area (Å²) >= 11 is 5.98. The summed E-state index contributed by atoms with van der Waals surface area (Å²) < 4.78 is 9.83. The van der Waals surface area contributed by atoms with Gasteiger partial charge in [0.05, 0.1) is 20.1 Å². The number of methoxy groups -OCH3 is 1. The molecule has 1 aromatic carbocycles. The van der Waals surface area contributed by atoms with E-state index in [9.17, 15) is 4.79 Å². The van der Waals surface area contributed by atoms with Gasteiger partial charge in [-0.05, 0) is 24.6 Å². The molecule has 1 aromatic rings. The van der Waals surface area contributed by atoms with E-state index in [1.54, 1.807) is 18.2 Å². The van der Waals surface area contributed by atoms with Gasteiger partial charge in [-0.25, -0.2) is 0 Å². The molecule has 82 valence electrons. The van der Waals surface area contributed by atoms with Gasteiger partial charge in [0.2, 0.25) is 0 Å². The Labute approximate surface area is 93.9 Å².